The zero-order valence-electron chi connectivity index (χ0n) is 10.8. The smallest absolute Gasteiger partial charge is 0.129 e. The van der Waals surface area contributed by atoms with Gasteiger partial charge in [0.15, 0.2) is 0 Å². The van der Waals surface area contributed by atoms with Crippen LogP contribution in [0.4, 0.5) is 5.69 Å². The highest BCUT2D eigenvalue weighted by Gasteiger charge is 2.56. The monoisotopic (exact) mass is 244 g/mol. The molecule has 4 aliphatic carbocycles. The average Bonchev–Trinajstić information content (AvgIpc) is 2.33. The van der Waals surface area contributed by atoms with E-state index in [9.17, 15) is 5.11 Å². The maximum atomic E-state index is 10.6. The first-order valence-electron chi connectivity index (χ1n) is 7.34. The number of rotatable bonds is 2. The Morgan fingerprint density at radius 2 is 1.67 bits per heavy atom. The molecular weight excluding hydrogens is 222 g/mol. The van der Waals surface area contributed by atoms with Crippen molar-refractivity contribution in [3.8, 4) is 0 Å². The Labute approximate surface area is 108 Å². The number of aliphatic hydroxyl groups is 1. The summed E-state index contributed by atoms with van der Waals surface area (Å²) in [4.78, 5) is 0. The van der Waals surface area contributed by atoms with Gasteiger partial charge in [-0.1, -0.05) is 18.2 Å². The Bertz CT molecular complexity index is 428. The predicted molar refractivity (Wildman–Crippen MR) is 70.3 cm³/mol. The molecule has 0 radical (unpaired) electrons. The van der Waals surface area contributed by atoms with Gasteiger partial charge in [0.1, 0.15) is 5.69 Å². The van der Waals surface area contributed by atoms with Crippen LogP contribution in [0.25, 0.3) is 0 Å². The van der Waals surface area contributed by atoms with Crippen molar-refractivity contribution in [3.05, 3.63) is 30.3 Å². The molecule has 3 N–H and O–H groups in total. The molecule has 4 fully saturated rings. The molecule has 4 aliphatic rings. The number of hydrogen-bond acceptors (Lipinski definition) is 1. The molecule has 2 nitrogen and oxygen atoms in total. The highest BCUT2D eigenvalue weighted by Crippen LogP contribution is 2.54. The summed E-state index contributed by atoms with van der Waals surface area (Å²) in [7, 11) is 0. The molecule has 4 bridgehead atoms. The Morgan fingerprint density at radius 1 is 1.00 bits per heavy atom. The van der Waals surface area contributed by atoms with Gasteiger partial charge in [0.2, 0.25) is 0 Å². The minimum Gasteiger partial charge on any atom is -0.390 e. The van der Waals surface area contributed by atoms with Crippen LogP contribution in [0.3, 0.4) is 0 Å². The van der Waals surface area contributed by atoms with Crippen molar-refractivity contribution in [1.82, 2.24) is 0 Å². The zero-order valence-corrected chi connectivity index (χ0v) is 10.8. The van der Waals surface area contributed by atoms with E-state index in [1.165, 1.54) is 18.5 Å². The summed E-state index contributed by atoms with van der Waals surface area (Å²) in [6.07, 6.45) is 5.89. The quantitative estimate of drug-likeness (QED) is 0.765. The van der Waals surface area contributed by atoms with E-state index in [1.54, 1.807) is 0 Å². The fraction of sp³-hybridized carbons (Fsp3) is 0.625. The largest absolute Gasteiger partial charge is 0.390 e. The van der Waals surface area contributed by atoms with E-state index in [0.717, 1.165) is 37.0 Å². The minimum absolute atomic E-state index is 0.294. The number of benzene rings is 1. The summed E-state index contributed by atoms with van der Waals surface area (Å²) in [6.45, 7) is 0. The maximum absolute atomic E-state index is 10.6. The third kappa shape index (κ3) is 1.70. The number of nitrogens with two attached hydrogens (primary N) is 1. The SMILES string of the molecule is OC12CC3C[C@H](C1)C([NH2+]c1ccccc1)[C@@H](C3)C2. The second-order valence-corrected chi connectivity index (χ2v) is 6.85. The van der Waals surface area contributed by atoms with Crippen molar-refractivity contribution in [2.45, 2.75) is 43.7 Å². The van der Waals surface area contributed by atoms with E-state index >= 15 is 0 Å². The summed E-state index contributed by atoms with van der Waals surface area (Å²) in [5.74, 6) is 2.29. The average molecular weight is 244 g/mol. The van der Waals surface area contributed by atoms with Crippen LogP contribution in [0.1, 0.15) is 32.1 Å². The van der Waals surface area contributed by atoms with Gasteiger partial charge in [-0.05, 0) is 50.2 Å². The summed E-state index contributed by atoms with van der Waals surface area (Å²) in [5, 5.41) is 13.1. The predicted octanol–water partition coefficient (Wildman–Crippen LogP) is 1.82. The Kier molecular flexibility index (Phi) is 2.33. The van der Waals surface area contributed by atoms with Gasteiger partial charge in [0, 0.05) is 11.8 Å². The number of quaternary nitrogens is 1. The molecule has 0 spiro atoms. The third-order valence-electron chi connectivity index (χ3n) is 5.50. The van der Waals surface area contributed by atoms with Crippen LogP contribution in [-0.2, 0) is 0 Å². The van der Waals surface area contributed by atoms with E-state index in [-0.39, 0.29) is 5.60 Å². The van der Waals surface area contributed by atoms with Crippen LogP contribution in [0, 0.1) is 17.8 Å². The van der Waals surface area contributed by atoms with E-state index < -0.39 is 0 Å². The molecular formula is C16H22NO+. The second kappa shape index (κ2) is 3.82. The van der Waals surface area contributed by atoms with Gasteiger partial charge < -0.3 is 10.4 Å². The standard InChI is InChI=1S/C16H21NO/c18-16-8-11-6-12(9-16)15(13(7-11)10-16)17-14-4-2-1-3-5-14/h1-5,11-13,15,17-18H,6-10H2/p+1/t11?,12-,13+,15?,16?. The fourth-order valence-corrected chi connectivity index (χ4v) is 5.08. The van der Waals surface area contributed by atoms with Crippen molar-refractivity contribution in [3.63, 3.8) is 0 Å². The molecule has 1 aromatic rings. The van der Waals surface area contributed by atoms with Crippen molar-refractivity contribution in [2.75, 3.05) is 0 Å². The molecule has 5 atom stereocenters. The lowest BCUT2D eigenvalue weighted by Crippen LogP contribution is -2.90. The Balaban J connectivity index is 1.57. The number of para-hydroxylation sites is 1. The molecule has 0 aliphatic heterocycles. The highest BCUT2D eigenvalue weighted by atomic mass is 16.3. The Morgan fingerprint density at radius 3 is 2.28 bits per heavy atom. The summed E-state index contributed by atoms with van der Waals surface area (Å²) in [5.41, 5.74) is 1.07. The van der Waals surface area contributed by atoms with Crippen molar-refractivity contribution >= 4 is 5.69 Å². The first-order valence-corrected chi connectivity index (χ1v) is 7.34. The molecule has 0 heterocycles. The summed E-state index contributed by atoms with van der Waals surface area (Å²) >= 11 is 0. The van der Waals surface area contributed by atoms with Crippen molar-refractivity contribution in [2.24, 2.45) is 17.8 Å². The van der Waals surface area contributed by atoms with Gasteiger partial charge in [-0.3, -0.25) is 0 Å². The molecule has 3 unspecified atom stereocenters. The Hall–Kier alpha value is -0.860. The fourth-order valence-electron chi connectivity index (χ4n) is 5.08. The van der Waals surface area contributed by atoms with E-state index in [4.69, 9.17) is 0 Å². The molecule has 18 heavy (non-hydrogen) atoms. The molecule has 4 saturated carbocycles. The molecule has 5 rings (SSSR count). The third-order valence-corrected chi connectivity index (χ3v) is 5.50. The van der Waals surface area contributed by atoms with Gasteiger partial charge in [0.25, 0.3) is 0 Å². The first kappa shape index (κ1) is 11.0. The second-order valence-electron chi connectivity index (χ2n) is 6.85. The molecule has 96 valence electrons. The van der Waals surface area contributed by atoms with Crippen LogP contribution in [0.15, 0.2) is 30.3 Å². The van der Waals surface area contributed by atoms with Crippen molar-refractivity contribution < 1.29 is 10.4 Å². The summed E-state index contributed by atoms with van der Waals surface area (Å²) in [6, 6.07) is 11.4. The normalized spacial score (nSPS) is 45.4. The lowest BCUT2D eigenvalue weighted by Gasteiger charge is -2.56. The van der Waals surface area contributed by atoms with Crippen LogP contribution >= 0.6 is 0 Å². The zero-order chi connectivity index (χ0) is 12.2. The molecule has 0 aromatic heterocycles. The molecule has 2 heteroatoms. The lowest BCUT2D eigenvalue weighted by molar-refractivity contribution is -0.637. The summed E-state index contributed by atoms with van der Waals surface area (Å²) < 4.78 is 0. The molecule has 0 amide bonds. The van der Waals surface area contributed by atoms with Crippen LogP contribution < -0.4 is 5.32 Å². The van der Waals surface area contributed by atoms with E-state index in [2.05, 4.69) is 35.6 Å². The van der Waals surface area contributed by atoms with Gasteiger partial charge in [-0.15, -0.1) is 0 Å². The molecule has 1 aromatic carbocycles. The lowest BCUT2D eigenvalue weighted by atomic mass is 9.52. The van der Waals surface area contributed by atoms with Gasteiger partial charge >= 0.3 is 0 Å². The molecule has 0 saturated heterocycles. The topological polar surface area (TPSA) is 36.8 Å². The number of hydrogen-bond donors (Lipinski definition) is 2. The van der Waals surface area contributed by atoms with Gasteiger partial charge in [0.05, 0.1) is 11.6 Å². The minimum atomic E-state index is -0.294. The first-order chi connectivity index (χ1) is 8.72. The van der Waals surface area contributed by atoms with Crippen LogP contribution in [0.5, 0.6) is 0 Å². The van der Waals surface area contributed by atoms with Gasteiger partial charge in [-0.2, -0.15) is 0 Å². The van der Waals surface area contributed by atoms with E-state index in [1.807, 2.05) is 0 Å². The van der Waals surface area contributed by atoms with Crippen LogP contribution in [0.2, 0.25) is 0 Å². The van der Waals surface area contributed by atoms with Crippen LogP contribution in [-0.4, -0.2) is 16.7 Å². The highest BCUT2D eigenvalue weighted by molar-refractivity contribution is 5.27. The van der Waals surface area contributed by atoms with Crippen molar-refractivity contribution in [1.29, 1.82) is 0 Å². The van der Waals surface area contributed by atoms with Gasteiger partial charge in [-0.25, -0.2) is 0 Å². The maximum Gasteiger partial charge on any atom is 0.129 e. The van der Waals surface area contributed by atoms with E-state index in [0.29, 0.717) is 6.04 Å².